The number of carbonyl (C=O) groups is 1. The summed E-state index contributed by atoms with van der Waals surface area (Å²) in [6.45, 7) is 2.94. The zero-order valence-electron chi connectivity index (χ0n) is 18.8. The van der Waals surface area contributed by atoms with Crippen molar-refractivity contribution in [1.82, 2.24) is 9.62 Å². The summed E-state index contributed by atoms with van der Waals surface area (Å²) in [7, 11) is -4.27. The number of rotatable bonds is 5. The number of benzene rings is 1. The highest BCUT2D eigenvalue weighted by Gasteiger charge is 2.58. The first kappa shape index (κ1) is 23.1. The van der Waals surface area contributed by atoms with Crippen LogP contribution in [0.2, 0.25) is 0 Å². The second-order valence-electron chi connectivity index (χ2n) is 11.3. The van der Waals surface area contributed by atoms with Crippen molar-refractivity contribution in [3.8, 4) is 0 Å². The third-order valence-corrected chi connectivity index (χ3v) is 10.4. The van der Waals surface area contributed by atoms with Gasteiger partial charge in [-0.25, -0.2) is 8.42 Å². The molecular weight excluding hydrogens is 453 g/mol. The fourth-order valence-corrected chi connectivity index (χ4v) is 9.40. The van der Waals surface area contributed by atoms with Gasteiger partial charge in [0.25, 0.3) is 0 Å². The molecule has 1 saturated heterocycles. The molecule has 5 fully saturated rings. The van der Waals surface area contributed by atoms with E-state index >= 15 is 0 Å². The van der Waals surface area contributed by atoms with Crippen LogP contribution < -0.4 is 5.32 Å². The number of alkyl halides is 3. The Balaban J connectivity index is 1.23. The lowest BCUT2D eigenvalue weighted by atomic mass is 9.44. The predicted molar refractivity (Wildman–Crippen MR) is 117 cm³/mol. The van der Waals surface area contributed by atoms with E-state index in [0.29, 0.717) is 24.8 Å². The van der Waals surface area contributed by atoms with Gasteiger partial charge in [-0.15, -0.1) is 0 Å². The van der Waals surface area contributed by atoms with E-state index in [4.69, 9.17) is 0 Å². The zero-order chi connectivity index (χ0) is 23.6. The number of nitrogens with zero attached hydrogens (tertiary/aromatic N) is 1. The Hall–Kier alpha value is -1.61. The lowest BCUT2D eigenvalue weighted by Crippen LogP contribution is -2.57. The Morgan fingerprint density at radius 3 is 2.45 bits per heavy atom. The van der Waals surface area contributed by atoms with Crippen molar-refractivity contribution >= 4 is 15.9 Å². The normalized spacial score (nSPS) is 36.3. The number of carbonyl (C=O) groups excluding carboxylic acids is 1. The van der Waals surface area contributed by atoms with Gasteiger partial charge in [0.2, 0.25) is 15.9 Å². The second-order valence-corrected chi connectivity index (χ2v) is 13.2. The van der Waals surface area contributed by atoms with E-state index in [9.17, 15) is 26.4 Å². The molecular formula is C24H31F3N2O3S. The maximum absolute atomic E-state index is 13.4. The first-order chi connectivity index (χ1) is 15.4. The summed E-state index contributed by atoms with van der Waals surface area (Å²) < 4.78 is 67.2. The summed E-state index contributed by atoms with van der Waals surface area (Å²) in [5.41, 5.74) is -1.18. The molecule has 5 nitrogen and oxygen atoms in total. The van der Waals surface area contributed by atoms with E-state index in [0.717, 1.165) is 35.7 Å². The topological polar surface area (TPSA) is 66.5 Å². The van der Waals surface area contributed by atoms with Gasteiger partial charge in [-0.2, -0.15) is 17.5 Å². The third kappa shape index (κ3) is 4.09. The Kier molecular flexibility index (Phi) is 5.40. The van der Waals surface area contributed by atoms with Crippen molar-refractivity contribution in [2.45, 2.75) is 62.9 Å². The van der Waals surface area contributed by atoms with Crippen molar-refractivity contribution in [3.05, 3.63) is 29.8 Å². The standard InChI is InChI=1S/C24H31F3N2O3S/c1-22-9-17-8-18(10-22)12-23(11-17,15-22)21(30)28-13-16-6-7-29(14-16)33(31,32)20-5-3-2-4-19(20)24(25,26)27/h2-5,16-18H,6-15H2,1H3,(H,28,30)/t16?,17-,18+,22+,23?. The van der Waals surface area contributed by atoms with Gasteiger partial charge in [0.15, 0.2) is 0 Å². The molecule has 4 saturated carbocycles. The maximum Gasteiger partial charge on any atom is 0.417 e. The Morgan fingerprint density at radius 2 is 1.82 bits per heavy atom. The largest absolute Gasteiger partial charge is 0.417 e. The Bertz CT molecular complexity index is 1040. The number of amides is 1. The van der Waals surface area contributed by atoms with Gasteiger partial charge in [0.05, 0.1) is 15.9 Å². The summed E-state index contributed by atoms with van der Waals surface area (Å²) in [6.07, 6.45) is 2.27. The smallest absolute Gasteiger partial charge is 0.355 e. The highest BCUT2D eigenvalue weighted by atomic mass is 32.2. The lowest BCUT2D eigenvalue weighted by Gasteiger charge is -2.60. The number of hydrogen-bond donors (Lipinski definition) is 1. The SMILES string of the molecule is C[C@]12C[C@@H]3C[C@@H](CC(C(=O)NCC4CCN(S(=O)(=O)c5ccccc5C(F)(F)F)C4)(C3)C1)C2. The molecule has 1 heterocycles. The minimum atomic E-state index is -4.74. The lowest BCUT2D eigenvalue weighted by molar-refractivity contribution is -0.155. The molecule has 4 aliphatic carbocycles. The fraction of sp³-hybridized carbons (Fsp3) is 0.708. The van der Waals surface area contributed by atoms with Crippen LogP contribution in [0.5, 0.6) is 0 Å². The highest BCUT2D eigenvalue weighted by molar-refractivity contribution is 7.89. The molecule has 1 aromatic carbocycles. The molecule has 5 aliphatic rings. The molecule has 33 heavy (non-hydrogen) atoms. The van der Waals surface area contributed by atoms with Crippen LogP contribution in [0.4, 0.5) is 13.2 Å². The van der Waals surface area contributed by atoms with E-state index in [1.807, 2.05) is 0 Å². The number of nitrogens with one attached hydrogen (secondary N) is 1. The molecule has 9 heteroatoms. The Morgan fingerprint density at radius 1 is 1.15 bits per heavy atom. The molecule has 1 aromatic rings. The molecule has 0 radical (unpaired) electrons. The predicted octanol–water partition coefficient (Wildman–Crippen LogP) is 4.44. The molecule has 0 aromatic heterocycles. The summed E-state index contributed by atoms with van der Waals surface area (Å²) in [5, 5.41) is 3.11. The van der Waals surface area contributed by atoms with Crippen molar-refractivity contribution < 1.29 is 26.4 Å². The van der Waals surface area contributed by atoms with Crippen LogP contribution in [0.15, 0.2) is 29.2 Å². The van der Waals surface area contributed by atoms with Crippen molar-refractivity contribution in [2.24, 2.45) is 28.6 Å². The summed E-state index contributed by atoms with van der Waals surface area (Å²) >= 11 is 0. The number of hydrogen-bond acceptors (Lipinski definition) is 3. The maximum atomic E-state index is 13.4. The first-order valence-corrected chi connectivity index (χ1v) is 13.3. The number of halogens is 3. The van der Waals surface area contributed by atoms with E-state index in [1.54, 1.807) is 0 Å². The van der Waals surface area contributed by atoms with Gasteiger partial charge in [0, 0.05) is 19.6 Å². The number of sulfonamides is 1. The molecule has 182 valence electrons. The van der Waals surface area contributed by atoms with Crippen molar-refractivity contribution in [3.63, 3.8) is 0 Å². The monoisotopic (exact) mass is 484 g/mol. The Labute approximate surface area is 193 Å². The quantitative estimate of drug-likeness (QED) is 0.672. The fourth-order valence-electron chi connectivity index (χ4n) is 7.66. The third-order valence-electron chi connectivity index (χ3n) is 8.45. The van der Waals surface area contributed by atoms with Crippen LogP contribution >= 0.6 is 0 Å². The van der Waals surface area contributed by atoms with E-state index in [1.165, 1.54) is 31.4 Å². The van der Waals surface area contributed by atoms with Gasteiger partial charge in [-0.1, -0.05) is 19.1 Å². The van der Waals surface area contributed by atoms with Gasteiger partial charge >= 0.3 is 6.18 Å². The molecule has 1 aliphatic heterocycles. The van der Waals surface area contributed by atoms with Gasteiger partial charge in [-0.05, 0) is 80.2 Å². The summed E-state index contributed by atoms with van der Waals surface area (Å²) in [5.74, 6) is 1.24. The summed E-state index contributed by atoms with van der Waals surface area (Å²) in [4.78, 5) is 12.6. The van der Waals surface area contributed by atoms with Crippen LogP contribution in [-0.2, 0) is 21.0 Å². The average molecular weight is 485 g/mol. The van der Waals surface area contributed by atoms with Crippen LogP contribution in [0, 0.1) is 28.6 Å². The van der Waals surface area contributed by atoms with Crippen LogP contribution in [0.1, 0.15) is 57.4 Å². The van der Waals surface area contributed by atoms with Crippen molar-refractivity contribution in [1.29, 1.82) is 0 Å². The first-order valence-electron chi connectivity index (χ1n) is 11.9. The van der Waals surface area contributed by atoms with Gasteiger partial charge in [-0.3, -0.25) is 4.79 Å². The zero-order valence-corrected chi connectivity index (χ0v) is 19.6. The van der Waals surface area contributed by atoms with Crippen LogP contribution in [-0.4, -0.2) is 38.3 Å². The minimum Gasteiger partial charge on any atom is -0.355 e. The van der Waals surface area contributed by atoms with Crippen LogP contribution in [0.25, 0.3) is 0 Å². The van der Waals surface area contributed by atoms with E-state index in [2.05, 4.69) is 12.2 Å². The highest BCUT2D eigenvalue weighted by Crippen LogP contribution is 2.65. The molecule has 5 atom stereocenters. The van der Waals surface area contributed by atoms with E-state index < -0.39 is 26.7 Å². The molecule has 1 N–H and O–H groups in total. The second kappa shape index (κ2) is 7.70. The average Bonchev–Trinajstić information content (AvgIpc) is 3.19. The summed E-state index contributed by atoms with van der Waals surface area (Å²) in [6, 6.07) is 4.31. The van der Waals surface area contributed by atoms with Gasteiger partial charge in [0.1, 0.15) is 0 Å². The molecule has 1 amide bonds. The molecule has 4 bridgehead atoms. The van der Waals surface area contributed by atoms with Crippen molar-refractivity contribution in [2.75, 3.05) is 19.6 Å². The molecule has 2 unspecified atom stereocenters. The molecule has 6 rings (SSSR count). The van der Waals surface area contributed by atoms with Gasteiger partial charge < -0.3 is 5.32 Å². The van der Waals surface area contributed by atoms with Crippen LogP contribution in [0.3, 0.4) is 0 Å². The minimum absolute atomic E-state index is 0.0894. The molecule has 0 spiro atoms. The van der Waals surface area contributed by atoms with E-state index in [-0.39, 0.29) is 35.7 Å².